The predicted octanol–water partition coefficient (Wildman–Crippen LogP) is 2.55. The normalized spacial score (nSPS) is 34.2. The Morgan fingerprint density at radius 3 is 2.65 bits per heavy atom. The molecular formula is C21H29NO4. The minimum absolute atomic E-state index is 0.0360. The fourth-order valence-electron chi connectivity index (χ4n) is 5.90. The molecule has 2 aliphatic carbocycles. The second-order valence-corrected chi connectivity index (χ2v) is 9.21. The number of aromatic hydroxyl groups is 1. The summed E-state index contributed by atoms with van der Waals surface area (Å²) >= 11 is 0. The molecule has 5 heteroatoms. The van der Waals surface area contributed by atoms with Gasteiger partial charge < -0.3 is 14.9 Å². The minimum atomic E-state index is -0.986. The number of ether oxygens (including phenoxy) is 1. The van der Waals surface area contributed by atoms with E-state index >= 15 is 0 Å². The standard InChI is InChI=1S/C21H29NO4/c1-19(2,3)22-10-9-20-12-14(23)7-8-21(20,25)16(22)11-13-5-6-15(24)18(26-4)17(13)20/h5-6,16,24-25H,7-12H2,1-4H3/t16?,20-,21-/m1/s1. The van der Waals surface area contributed by atoms with Crippen LogP contribution in [-0.4, -0.2) is 51.7 Å². The van der Waals surface area contributed by atoms with Gasteiger partial charge in [-0.25, -0.2) is 0 Å². The molecule has 0 radical (unpaired) electrons. The highest BCUT2D eigenvalue weighted by Gasteiger charge is 2.66. The summed E-state index contributed by atoms with van der Waals surface area (Å²) in [6.45, 7) is 7.38. The number of carbonyl (C=O) groups is 1. The Labute approximate surface area is 155 Å². The maximum atomic E-state index is 12.5. The van der Waals surface area contributed by atoms with E-state index < -0.39 is 11.0 Å². The third-order valence-corrected chi connectivity index (χ3v) is 7.00. The summed E-state index contributed by atoms with van der Waals surface area (Å²) in [5.41, 5.74) is 0.220. The largest absolute Gasteiger partial charge is 0.504 e. The number of fused-ring (bicyclic) bond motifs is 1. The van der Waals surface area contributed by atoms with Gasteiger partial charge in [0.25, 0.3) is 0 Å². The Bertz CT molecular complexity index is 768. The molecule has 0 amide bonds. The van der Waals surface area contributed by atoms with Crippen molar-refractivity contribution < 1.29 is 19.7 Å². The summed E-state index contributed by atoms with van der Waals surface area (Å²) < 4.78 is 5.57. The van der Waals surface area contributed by atoms with Crippen molar-refractivity contribution in [3.8, 4) is 11.5 Å². The second kappa shape index (κ2) is 5.46. The smallest absolute Gasteiger partial charge is 0.164 e. The van der Waals surface area contributed by atoms with E-state index in [4.69, 9.17) is 4.74 Å². The molecule has 2 bridgehead atoms. The van der Waals surface area contributed by atoms with Crippen LogP contribution in [0.2, 0.25) is 0 Å². The van der Waals surface area contributed by atoms with Gasteiger partial charge in [-0.05, 0) is 51.7 Å². The number of benzene rings is 1. The summed E-state index contributed by atoms with van der Waals surface area (Å²) in [5.74, 6) is 0.701. The van der Waals surface area contributed by atoms with Gasteiger partial charge in [-0.15, -0.1) is 0 Å². The lowest BCUT2D eigenvalue weighted by Gasteiger charge is -2.65. The van der Waals surface area contributed by atoms with E-state index in [9.17, 15) is 15.0 Å². The number of Topliss-reactive ketones (excluding diaryl/α,β-unsaturated/α-hetero) is 1. The molecule has 1 unspecified atom stereocenters. The zero-order valence-corrected chi connectivity index (χ0v) is 16.1. The summed E-state index contributed by atoms with van der Waals surface area (Å²) in [4.78, 5) is 14.9. The van der Waals surface area contributed by atoms with Crippen LogP contribution >= 0.6 is 0 Å². The molecule has 1 aromatic carbocycles. The fraction of sp³-hybridized carbons (Fsp3) is 0.667. The Balaban J connectivity index is 1.99. The van der Waals surface area contributed by atoms with Gasteiger partial charge in [0, 0.05) is 41.9 Å². The summed E-state index contributed by atoms with van der Waals surface area (Å²) in [7, 11) is 1.55. The third kappa shape index (κ3) is 2.13. The lowest BCUT2D eigenvalue weighted by atomic mass is 9.49. The molecule has 3 atom stereocenters. The first kappa shape index (κ1) is 17.8. The molecule has 0 spiro atoms. The molecule has 2 fully saturated rings. The van der Waals surface area contributed by atoms with Crippen molar-refractivity contribution in [1.29, 1.82) is 0 Å². The number of phenols is 1. The van der Waals surface area contributed by atoms with Gasteiger partial charge in [0.2, 0.25) is 0 Å². The first-order chi connectivity index (χ1) is 12.1. The number of phenolic OH excluding ortho intramolecular Hbond substituents is 1. The van der Waals surface area contributed by atoms with E-state index in [1.54, 1.807) is 13.2 Å². The van der Waals surface area contributed by atoms with Crippen molar-refractivity contribution in [2.75, 3.05) is 13.7 Å². The molecule has 1 aromatic rings. The van der Waals surface area contributed by atoms with Crippen LogP contribution in [0.3, 0.4) is 0 Å². The zero-order valence-electron chi connectivity index (χ0n) is 16.1. The molecular weight excluding hydrogens is 330 g/mol. The number of rotatable bonds is 1. The average Bonchev–Trinajstić information content (AvgIpc) is 2.54. The Kier molecular flexibility index (Phi) is 3.74. The van der Waals surface area contributed by atoms with Gasteiger partial charge in [0.05, 0.1) is 12.7 Å². The van der Waals surface area contributed by atoms with Crippen molar-refractivity contribution in [2.24, 2.45) is 0 Å². The number of aliphatic hydroxyl groups is 1. The highest BCUT2D eigenvalue weighted by atomic mass is 16.5. The molecule has 3 aliphatic rings. The summed E-state index contributed by atoms with van der Waals surface area (Å²) in [6.07, 6.45) is 2.61. The van der Waals surface area contributed by atoms with Gasteiger partial charge >= 0.3 is 0 Å². The lowest BCUT2D eigenvalue weighted by Crippen LogP contribution is -2.75. The quantitative estimate of drug-likeness (QED) is 0.806. The van der Waals surface area contributed by atoms with Crippen LogP contribution < -0.4 is 4.74 Å². The Hall–Kier alpha value is -1.59. The molecule has 5 nitrogen and oxygen atoms in total. The first-order valence-corrected chi connectivity index (χ1v) is 9.54. The highest BCUT2D eigenvalue weighted by Crippen LogP contribution is 2.61. The van der Waals surface area contributed by atoms with Crippen LogP contribution in [0.25, 0.3) is 0 Å². The van der Waals surface area contributed by atoms with E-state index in [0.29, 0.717) is 37.9 Å². The third-order valence-electron chi connectivity index (χ3n) is 7.00. The molecule has 2 N–H and O–H groups in total. The Morgan fingerprint density at radius 1 is 1.27 bits per heavy atom. The molecule has 1 saturated heterocycles. The van der Waals surface area contributed by atoms with Crippen LogP contribution in [0.5, 0.6) is 11.5 Å². The van der Waals surface area contributed by atoms with Crippen LogP contribution in [0, 0.1) is 0 Å². The SMILES string of the molecule is COc1c(O)ccc2c1[C@]13CCN(C(C)(C)C)C(C2)[C@]1(O)CCC(=O)C3. The molecule has 1 heterocycles. The molecule has 1 aliphatic heterocycles. The van der Waals surface area contributed by atoms with Crippen molar-refractivity contribution in [3.63, 3.8) is 0 Å². The Morgan fingerprint density at radius 2 is 2.00 bits per heavy atom. The zero-order chi connectivity index (χ0) is 18.9. The van der Waals surface area contributed by atoms with Crippen LogP contribution in [0.1, 0.15) is 57.6 Å². The van der Waals surface area contributed by atoms with Crippen LogP contribution in [-0.2, 0) is 16.6 Å². The molecule has 4 rings (SSSR count). The van der Waals surface area contributed by atoms with Gasteiger partial charge in [-0.2, -0.15) is 0 Å². The van der Waals surface area contributed by atoms with Crippen molar-refractivity contribution in [2.45, 2.75) is 75.5 Å². The number of ketones is 1. The molecule has 0 aromatic heterocycles. The van der Waals surface area contributed by atoms with Gasteiger partial charge in [-0.3, -0.25) is 9.69 Å². The number of hydrogen-bond acceptors (Lipinski definition) is 5. The van der Waals surface area contributed by atoms with Gasteiger partial charge in [0.1, 0.15) is 5.78 Å². The predicted molar refractivity (Wildman–Crippen MR) is 98.7 cm³/mol. The number of nitrogens with zero attached hydrogens (tertiary/aromatic N) is 1. The maximum Gasteiger partial charge on any atom is 0.164 e. The summed E-state index contributed by atoms with van der Waals surface area (Å²) in [5, 5.41) is 22.4. The molecule has 1 saturated carbocycles. The highest BCUT2D eigenvalue weighted by molar-refractivity contribution is 5.83. The summed E-state index contributed by atoms with van der Waals surface area (Å²) in [6, 6.07) is 3.57. The topological polar surface area (TPSA) is 70.0 Å². The number of likely N-dealkylation sites (tertiary alicyclic amines) is 1. The first-order valence-electron chi connectivity index (χ1n) is 9.54. The van der Waals surface area contributed by atoms with Gasteiger partial charge in [-0.1, -0.05) is 6.07 Å². The molecule has 26 heavy (non-hydrogen) atoms. The van der Waals surface area contributed by atoms with Gasteiger partial charge in [0.15, 0.2) is 11.5 Å². The monoisotopic (exact) mass is 359 g/mol. The molecule has 142 valence electrons. The fourth-order valence-corrected chi connectivity index (χ4v) is 5.90. The van der Waals surface area contributed by atoms with Crippen molar-refractivity contribution in [1.82, 2.24) is 4.90 Å². The second-order valence-electron chi connectivity index (χ2n) is 9.21. The van der Waals surface area contributed by atoms with E-state index in [1.807, 2.05) is 6.07 Å². The number of methoxy groups -OCH3 is 1. The van der Waals surface area contributed by atoms with E-state index in [2.05, 4.69) is 25.7 Å². The van der Waals surface area contributed by atoms with E-state index in [-0.39, 0.29) is 23.1 Å². The lowest BCUT2D eigenvalue weighted by molar-refractivity contribution is -0.185. The van der Waals surface area contributed by atoms with Crippen molar-refractivity contribution >= 4 is 5.78 Å². The van der Waals surface area contributed by atoms with Crippen molar-refractivity contribution in [3.05, 3.63) is 23.3 Å². The minimum Gasteiger partial charge on any atom is -0.504 e. The van der Waals surface area contributed by atoms with Crippen LogP contribution in [0.4, 0.5) is 0 Å². The van der Waals surface area contributed by atoms with E-state index in [1.165, 1.54) is 0 Å². The van der Waals surface area contributed by atoms with Crippen LogP contribution in [0.15, 0.2) is 12.1 Å². The van der Waals surface area contributed by atoms with E-state index in [0.717, 1.165) is 17.7 Å². The average molecular weight is 359 g/mol. The number of hydrogen-bond donors (Lipinski definition) is 2. The number of carbonyl (C=O) groups excluding carboxylic acids is 1. The maximum absolute atomic E-state index is 12.5. The number of piperidine rings is 1.